The number of hydrogen-bond donors (Lipinski definition) is 1. The Morgan fingerprint density at radius 1 is 1.20 bits per heavy atom. The normalized spacial score (nSPS) is 15.2. The van der Waals surface area contributed by atoms with Crippen LogP contribution in [0.15, 0.2) is 36.5 Å². The Morgan fingerprint density at radius 2 is 1.96 bits per heavy atom. The van der Waals surface area contributed by atoms with Crippen LogP contribution in [0.2, 0.25) is 5.02 Å². The molecule has 1 saturated heterocycles. The number of piperazine rings is 1. The quantitative estimate of drug-likeness (QED) is 0.886. The first-order chi connectivity index (χ1) is 12.2. The molecule has 1 aromatic heterocycles. The van der Waals surface area contributed by atoms with Gasteiger partial charge in [-0.1, -0.05) is 36.7 Å². The Kier molecular flexibility index (Phi) is 5.83. The Morgan fingerprint density at radius 3 is 2.68 bits per heavy atom. The number of nitrogens with one attached hydrogen (secondary N) is 1. The Labute approximate surface area is 152 Å². The fourth-order valence-corrected chi connectivity index (χ4v) is 3.00. The minimum absolute atomic E-state index is 0.226. The first-order valence-electron chi connectivity index (χ1n) is 8.49. The van der Waals surface area contributed by atoms with Gasteiger partial charge in [0.1, 0.15) is 5.69 Å². The molecule has 0 spiro atoms. The Hall–Kier alpha value is -2.18. The molecule has 1 amide bonds. The van der Waals surface area contributed by atoms with E-state index in [1.54, 1.807) is 12.3 Å². The van der Waals surface area contributed by atoms with Crippen LogP contribution in [0.1, 0.15) is 23.0 Å². The molecule has 25 heavy (non-hydrogen) atoms. The van der Waals surface area contributed by atoms with Crippen LogP contribution >= 0.6 is 11.6 Å². The van der Waals surface area contributed by atoms with Crippen molar-refractivity contribution < 1.29 is 4.79 Å². The summed E-state index contributed by atoms with van der Waals surface area (Å²) in [6, 6.07) is 9.09. The van der Waals surface area contributed by atoms with Gasteiger partial charge in [0.15, 0.2) is 0 Å². The van der Waals surface area contributed by atoms with Crippen LogP contribution in [0.4, 0.5) is 5.95 Å². The van der Waals surface area contributed by atoms with Gasteiger partial charge < -0.3 is 15.1 Å². The highest BCUT2D eigenvalue weighted by molar-refractivity contribution is 6.31. The van der Waals surface area contributed by atoms with Crippen LogP contribution < -0.4 is 10.2 Å². The first-order valence-corrected chi connectivity index (χ1v) is 8.87. The van der Waals surface area contributed by atoms with Crippen molar-refractivity contribution in [1.29, 1.82) is 0 Å². The van der Waals surface area contributed by atoms with Gasteiger partial charge in [0.25, 0.3) is 5.91 Å². The zero-order chi connectivity index (χ0) is 17.6. The first kappa shape index (κ1) is 17.6. The molecule has 6 nitrogen and oxygen atoms in total. The number of amides is 1. The predicted octanol–water partition coefficient (Wildman–Crippen LogP) is 2.20. The maximum Gasteiger partial charge on any atom is 0.270 e. The third kappa shape index (κ3) is 4.46. The van der Waals surface area contributed by atoms with Crippen molar-refractivity contribution in [1.82, 2.24) is 20.2 Å². The molecule has 0 unspecified atom stereocenters. The number of rotatable bonds is 5. The number of hydrogen-bond acceptors (Lipinski definition) is 5. The maximum absolute atomic E-state index is 12.4. The highest BCUT2D eigenvalue weighted by Gasteiger charge is 2.19. The standard InChI is InChI=1S/C18H22ClN5O/c1-2-23-9-11-24(12-10-23)18-20-8-7-16(22-18)17(25)21-13-14-5-3-4-6-15(14)19/h3-8H,2,9-13H2,1H3,(H,21,25). The van der Waals surface area contributed by atoms with E-state index in [0.717, 1.165) is 38.3 Å². The van der Waals surface area contributed by atoms with E-state index >= 15 is 0 Å². The van der Waals surface area contributed by atoms with Crippen molar-refractivity contribution in [2.75, 3.05) is 37.6 Å². The lowest BCUT2D eigenvalue weighted by Gasteiger charge is -2.34. The number of carbonyl (C=O) groups is 1. The number of benzene rings is 1. The van der Waals surface area contributed by atoms with Gasteiger partial charge in [-0.2, -0.15) is 0 Å². The smallest absolute Gasteiger partial charge is 0.270 e. The predicted molar refractivity (Wildman–Crippen MR) is 99.0 cm³/mol. The molecule has 7 heteroatoms. The second-order valence-electron chi connectivity index (χ2n) is 5.94. The molecule has 1 N–H and O–H groups in total. The largest absolute Gasteiger partial charge is 0.347 e. The van der Waals surface area contributed by atoms with Crippen LogP contribution in [0, 0.1) is 0 Å². The molecule has 3 rings (SSSR count). The summed E-state index contributed by atoms with van der Waals surface area (Å²) in [6.45, 7) is 7.31. The summed E-state index contributed by atoms with van der Waals surface area (Å²) in [4.78, 5) is 25.7. The summed E-state index contributed by atoms with van der Waals surface area (Å²) in [7, 11) is 0. The van der Waals surface area contributed by atoms with E-state index in [0.29, 0.717) is 23.2 Å². The number of likely N-dealkylation sites (N-methyl/N-ethyl adjacent to an activating group) is 1. The molecule has 2 aromatic rings. The highest BCUT2D eigenvalue weighted by atomic mass is 35.5. The summed E-state index contributed by atoms with van der Waals surface area (Å²) in [5.41, 5.74) is 1.25. The van der Waals surface area contributed by atoms with Crippen molar-refractivity contribution in [2.24, 2.45) is 0 Å². The lowest BCUT2D eigenvalue weighted by Crippen LogP contribution is -2.46. The summed E-state index contributed by atoms with van der Waals surface area (Å²) in [5.74, 6) is 0.386. The molecular weight excluding hydrogens is 338 g/mol. The van der Waals surface area contributed by atoms with E-state index in [1.165, 1.54) is 0 Å². The van der Waals surface area contributed by atoms with Crippen LogP contribution in [-0.4, -0.2) is 53.5 Å². The lowest BCUT2D eigenvalue weighted by molar-refractivity contribution is 0.0946. The van der Waals surface area contributed by atoms with Crippen molar-refractivity contribution in [2.45, 2.75) is 13.5 Å². The van der Waals surface area contributed by atoms with Gasteiger partial charge in [-0.3, -0.25) is 4.79 Å². The number of aromatic nitrogens is 2. The topological polar surface area (TPSA) is 61.4 Å². The molecule has 0 saturated carbocycles. The minimum atomic E-state index is -0.226. The second-order valence-corrected chi connectivity index (χ2v) is 6.34. The molecule has 1 aromatic carbocycles. The summed E-state index contributed by atoms with van der Waals surface area (Å²) >= 11 is 6.12. The second kappa shape index (κ2) is 8.27. The summed E-state index contributed by atoms with van der Waals surface area (Å²) in [6.07, 6.45) is 1.64. The Balaban J connectivity index is 1.63. The molecule has 1 aliphatic rings. The van der Waals surface area contributed by atoms with Gasteiger partial charge >= 0.3 is 0 Å². The third-order valence-electron chi connectivity index (χ3n) is 4.38. The highest BCUT2D eigenvalue weighted by Crippen LogP contribution is 2.15. The third-order valence-corrected chi connectivity index (χ3v) is 4.74. The van der Waals surface area contributed by atoms with E-state index in [9.17, 15) is 4.79 Å². The van der Waals surface area contributed by atoms with Gasteiger partial charge in [0, 0.05) is 43.9 Å². The zero-order valence-electron chi connectivity index (χ0n) is 14.3. The molecule has 132 valence electrons. The fourth-order valence-electron chi connectivity index (χ4n) is 2.80. The molecule has 0 atom stereocenters. The molecule has 2 heterocycles. The summed E-state index contributed by atoms with van der Waals surface area (Å²) < 4.78 is 0. The SMILES string of the molecule is CCN1CCN(c2nccc(C(=O)NCc3ccccc3Cl)n2)CC1. The number of anilines is 1. The number of nitrogens with zero attached hydrogens (tertiary/aromatic N) is 4. The van der Waals surface area contributed by atoms with Crippen LogP contribution in [0.25, 0.3) is 0 Å². The molecule has 0 bridgehead atoms. The Bertz CT molecular complexity index is 731. The fraction of sp³-hybridized carbons (Fsp3) is 0.389. The van der Waals surface area contributed by atoms with Gasteiger partial charge in [-0.05, 0) is 24.2 Å². The zero-order valence-corrected chi connectivity index (χ0v) is 15.0. The van der Waals surface area contributed by atoms with Crippen LogP contribution in [0.3, 0.4) is 0 Å². The average molecular weight is 360 g/mol. The van der Waals surface area contributed by atoms with Gasteiger partial charge in [0.2, 0.25) is 5.95 Å². The molecule has 0 radical (unpaired) electrons. The molecular formula is C18H22ClN5O. The van der Waals surface area contributed by atoms with Gasteiger partial charge in [-0.15, -0.1) is 0 Å². The van der Waals surface area contributed by atoms with E-state index in [4.69, 9.17) is 11.6 Å². The van der Waals surface area contributed by atoms with Gasteiger partial charge in [0.05, 0.1) is 0 Å². The van der Waals surface area contributed by atoms with Gasteiger partial charge in [-0.25, -0.2) is 9.97 Å². The van der Waals surface area contributed by atoms with E-state index in [2.05, 4.69) is 32.0 Å². The number of halogens is 1. The van der Waals surface area contributed by atoms with Crippen LogP contribution in [0.5, 0.6) is 0 Å². The van der Waals surface area contributed by atoms with Crippen molar-refractivity contribution in [3.63, 3.8) is 0 Å². The molecule has 0 aliphatic carbocycles. The monoisotopic (exact) mass is 359 g/mol. The van der Waals surface area contributed by atoms with Crippen molar-refractivity contribution in [3.8, 4) is 0 Å². The lowest BCUT2D eigenvalue weighted by atomic mass is 10.2. The molecule has 1 aliphatic heterocycles. The van der Waals surface area contributed by atoms with E-state index in [1.807, 2.05) is 24.3 Å². The van der Waals surface area contributed by atoms with Crippen molar-refractivity contribution >= 4 is 23.5 Å². The van der Waals surface area contributed by atoms with Crippen LogP contribution in [-0.2, 0) is 6.54 Å². The average Bonchev–Trinajstić information content (AvgIpc) is 2.67. The molecule has 1 fully saturated rings. The number of carbonyl (C=O) groups excluding carboxylic acids is 1. The van der Waals surface area contributed by atoms with E-state index < -0.39 is 0 Å². The summed E-state index contributed by atoms with van der Waals surface area (Å²) in [5, 5.41) is 3.50. The van der Waals surface area contributed by atoms with Crippen molar-refractivity contribution in [3.05, 3.63) is 52.8 Å². The maximum atomic E-state index is 12.4. The minimum Gasteiger partial charge on any atom is -0.347 e. The van der Waals surface area contributed by atoms with E-state index in [-0.39, 0.29) is 5.91 Å².